The minimum absolute atomic E-state index is 0.0741. The van der Waals surface area contributed by atoms with Gasteiger partial charge in [-0.2, -0.15) is 0 Å². The van der Waals surface area contributed by atoms with E-state index in [4.69, 9.17) is 0 Å². The van der Waals surface area contributed by atoms with Crippen molar-refractivity contribution in [2.75, 3.05) is 4.90 Å². The zero-order chi connectivity index (χ0) is 35.2. The molecule has 53 heavy (non-hydrogen) atoms. The summed E-state index contributed by atoms with van der Waals surface area (Å²) >= 11 is 0. The number of benzene rings is 6. The van der Waals surface area contributed by atoms with Crippen LogP contribution in [0.4, 0.5) is 17.1 Å². The Morgan fingerprint density at radius 1 is 0.415 bits per heavy atom. The Labute approximate surface area is 317 Å². The molecule has 0 saturated heterocycles. The predicted molar refractivity (Wildman–Crippen MR) is 223 cm³/mol. The molecule has 6 aromatic carbocycles. The SMILES string of the molecule is c1ccc(C2(c3ccc(N(c4ccc(-c5cccc6ccccc56)cc4)c4ccc(C56CC7CC(CC(C7)C5)C6)cc4)cc3)CCCCCCC2)cc1. The Hall–Kier alpha value is -4.62. The second-order valence-electron chi connectivity index (χ2n) is 17.4. The van der Waals surface area contributed by atoms with Crippen molar-refractivity contribution in [3.8, 4) is 11.1 Å². The smallest absolute Gasteiger partial charge is 0.0462 e. The van der Waals surface area contributed by atoms with E-state index in [1.807, 2.05) is 0 Å². The molecule has 0 aromatic heterocycles. The first kappa shape index (κ1) is 33.0. The van der Waals surface area contributed by atoms with E-state index in [9.17, 15) is 0 Å². The molecule has 0 atom stereocenters. The van der Waals surface area contributed by atoms with Crippen molar-refractivity contribution >= 4 is 27.8 Å². The molecule has 0 heterocycles. The Balaban J connectivity index is 1.03. The number of fused-ring (bicyclic) bond motifs is 1. The van der Waals surface area contributed by atoms with Crippen LogP contribution in [0.25, 0.3) is 21.9 Å². The largest absolute Gasteiger partial charge is 0.311 e. The second kappa shape index (κ2) is 13.7. The second-order valence-corrected chi connectivity index (χ2v) is 17.4. The number of hydrogen-bond acceptors (Lipinski definition) is 1. The van der Waals surface area contributed by atoms with Gasteiger partial charge in [-0.05, 0) is 150 Å². The molecule has 5 saturated carbocycles. The number of hydrogen-bond donors (Lipinski definition) is 0. The Kier molecular flexibility index (Phi) is 8.50. The van der Waals surface area contributed by atoms with Gasteiger partial charge in [0.2, 0.25) is 0 Å². The molecule has 5 fully saturated rings. The summed E-state index contributed by atoms with van der Waals surface area (Å²) in [4.78, 5) is 2.49. The lowest BCUT2D eigenvalue weighted by Gasteiger charge is -2.57. The summed E-state index contributed by atoms with van der Waals surface area (Å²) in [6.07, 6.45) is 17.8. The molecule has 5 aliphatic carbocycles. The van der Waals surface area contributed by atoms with Crippen LogP contribution < -0.4 is 4.90 Å². The van der Waals surface area contributed by atoms with Crippen LogP contribution in [0.3, 0.4) is 0 Å². The molecule has 0 spiro atoms. The molecule has 0 aliphatic heterocycles. The van der Waals surface area contributed by atoms with Crippen molar-refractivity contribution in [3.63, 3.8) is 0 Å². The van der Waals surface area contributed by atoms with Gasteiger partial charge in [-0.15, -0.1) is 0 Å². The lowest BCUT2D eigenvalue weighted by Crippen LogP contribution is -2.48. The van der Waals surface area contributed by atoms with Crippen molar-refractivity contribution in [3.05, 3.63) is 162 Å². The van der Waals surface area contributed by atoms with Crippen LogP contribution in [0.5, 0.6) is 0 Å². The molecule has 11 rings (SSSR count). The summed E-state index contributed by atoms with van der Waals surface area (Å²) in [7, 11) is 0. The minimum atomic E-state index is 0.0741. The van der Waals surface area contributed by atoms with Crippen molar-refractivity contribution in [1.29, 1.82) is 0 Å². The van der Waals surface area contributed by atoms with Crippen LogP contribution >= 0.6 is 0 Å². The summed E-state index contributed by atoms with van der Waals surface area (Å²) < 4.78 is 0. The molecule has 1 heteroatoms. The quantitative estimate of drug-likeness (QED) is 0.161. The van der Waals surface area contributed by atoms with Gasteiger partial charge in [-0.1, -0.05) is 141 Å². The van der Waals surface area contributed by atoms with E-state index in [0.29, 0.717) is 5.41 Å². The van der Waals surface area contributed by atoms with Gasteiger partial charge >= 0.3 is 0 Å². The molecular weight excluding hydrogens is 639 g/mol. The fraction of sp³-hybridized carbons (Fsp3) is 0.346. The average Bonchev–Trinajstić information content (AvgIpc) is 3.19. The van der Waals surface area contributed by atoms with Crippen molar-refractivity contribution in [2.45, 2.75) is 94.3 Å². The summed E-state index contributed by atoms with van der Waals surface area (Å²) in [5.74, 6) is 2.86. The van der Waals surface area contributed by atoms with Crippen LogP contribution in [-0.4, -0.2) is 0 Å². The van der Waals surface area contributed by atoms with Gasteiger partial charge in [0.25, 0.3) is 0 Å². The number of nitrogens with zero attached hydrogens (tertiary/aromatic N) is 1. The monoisotopic (exact) mass is 691 g/mol. The Bertz CT molecular complexity index is 2130. The Morgan fingerprint density at radius 2 is 0.906 bits per heavy atom. The fourth-order valence-corrected chi connectivity index (χ4v) is 12.1. The van der Waals surface area contributed by atoms with Crippen LogP contribution in [0, 0.1) is 17.8 Å². The van der Waals surface area contributed by atoms with Crippen LogP contribution in [0.15, 0.2) is 146 Å². The first-order chi connectivity index (χ1) is 26.2. The lowest BCUT2D eigenvalue weighted by atomic mass is 9.48. The van der Waals surface area contributed by atoms with Crippen LogP contribution in [0.1, 0.15) is 100 Å². The third kappa shape index (κ3) is 6.01. The fourth-order valence-electron chi connectivity index (χ4n) is 12.1. The zero-order valence-electron chi connectivity index (χ0n) is 31.2. The van der Waals surface area contributed by atoms with Gasteiger partial charge in [-0.3, -0.25) is 0 Å². The summed E-state index contributed by atoms with van der Waals surface area (Å²) in [5, 5.41) is 2.59. The molecule has 4 bridgehead atoms. The molecule has 0 radical (unpaired) electrons. The standard InChI is InChI=1S/C52H53N/c1-2-9-30-52(31-10-3-1,44-14-5-4-6-15-44)45-22-28-48(29-23-45)53(46-24-18-42(19-25-46)50-17-11-13-41-12-7-8-16-49(41)50)47-26-20-43(21-27-47)51-35-38-32-39(36-51)34-40(33-38)37-51/h4-8,11-29,38-40H,1-3,9-10,30-37H2. The molecule has 1 nitrogen and oxygen atoms in total. The van der Waals surface area contributed by atoms with Gasteiger partial charge in [-0.25, -0.2) is 0 Å². The highest BCUT2D eigenvalue weighted by Gasteiger charge is 2.51. The summed E-state index contributed by atoms with van der Waals surface area (Å²) in [5.41, 5.74) is 11.2. The summed E-state index contributed by atoms with van der Waals surface area (Å²) in [6, 6.07) is 55.7. The van der Waals surface area contributed by atoms with E-state index in [2.05, 4.69) is 150 Å². The third-order valence-electron chi connectivity index (χ3n) is 14.2. The molecule has 0 N–H and O–H groups in total. The Morgan fingerprint density at radius 3 is 1.53 bits per heavy atom. The zero-order valence-corrected chi connectivity index (χ0v) is 31.2. The van der Waals surface area contributed by atoms with E-state index in [0.717, 1.165) is 17.8 Å². The highest BCUT2D eigenvalue weighted by molar-refractivity contribution is 5.97. The van der Waals surface area contributed by atoms with Gasteiger partial charge in [0, 0.05) is 22.5 Å². The van der Waals surface area contributed by atoms with Crippen LogP contribution in [-0.2, 0) is 10.8 Å². The minimum Gasteiger partial charge on any atom is -0.311 e. The average molecular weight is 692 g/mol. The van der Waals surface area contributed by atoms with E-state index >= 15 is 0 Å². The molecular formula is C52H53N. The first-order valence-electron chi connectivity index (χ1n) is 20.8. The normalized spacial score (nSPS) is 24.8. The van der Waals surface area contributed by atoms with Gasteiger partial charge in [0.1, 0.15) is 0 Å². The van der Waals surface area contributed by atoms with Crippen LogP contribution in [0.2, 0.25) is 0 Å². The molecule has 0 amide bonds. The van der Waals surface area contributed by atoms with E-state index < -0.39 is 0 Å². The topological polar surface area (TPSA) is 3.24 Å². The summed E-state index contributed by atoms with van der Waals surface area (Å²) in [6.45, 7) is 0. The number of rotatable bonds is 7. The van der Waals surface area contributed by atoms with Gasteiger partial charge in [0.05, 0.1) is 0 Å². The first-order valence-corrected chi connectivity index (χ1v) is 20.8. The van der Waals surface area contributed by atoms with E-state index in [-0.39, 0.29) is 5.41 Å². The van der Waals surface area contributed by atoms with Gasteiger partial charge in [0.15, 0.2) is 0 Å². The maximum Gasteiger partial charge on any atom is 0.0462 e. The molecule has 266 valence electrons. The maximum absolute atomic E-state index is 2.51. The van der Waals surface area contributed by atoms with Crippen molar-refractivity contribution < 1.29 is 0 Å². The molecule has 5 aliphatic rings. The van der Waals surface area contributed by atoms with Gasteiger partial charge < -0.3 is 4.90 Å². The van der Waals surface area contributed by atoms with Crippen molar-refractivity contribution in [2.24, 2.45) is 17.8 Å². The molecule has 6 aromatic rings. The maximum atomic E-state index is 2.51. The molecule has 0 unspecified atom stereocenters. The lowest BCUT2D eigenvalue weighted by molar-refractivity contribution is -0.00518. The third-order valence-corrected chi connectivity index (χ3v) is 14.2. The highest BCUT2D eigenvalue weighted by Crippen LogP contribution is 2.61. The van der Waals surface area contributed by atoms with E-state index in [1.165, 1.54) is 134 Å². The van der Waals surface area contributed by atoms with E-state index in [1.54, 1.807) is 5.56 Å². The predicted octanol–water partition coefficient (Wildman–Crippen LogP) is 14.5. The highest BCUT2D eigenvalue weighted by atomic mass is 15.1. The number of anilines is 3. The van der Waals surface area contributed by atoms with Crippen molar-refractivity contribution in [1.82, 2.24) is 0 Å².